The SMILES string of the molecule is CN1CCN(Cc2cc(Br)c(-c3n[nH]c4nccc(Oc5ccc(N(C(=O)C6(C(N)=O)CC6)c6ccc(F)cc6)cc5F)c34)o2)CC1. The van der Waals surface area contributed by atoms with Crippen LogP contribution in [0.3, 0.4) is 0 Å². The van der Waals surface area contributed by atoms with E-state index in [1.54, 1.807) is 6.07 Å². The molecule has 5 aromatic rings. The van der Waals surface area contributed by atoms with Crippen LogP contribution in [0.4, 0.5) is 20.2 Å². The van der Waals surface area contributed by atoms with Crippen molar-refractivity contribution in [2.75, 3.05) is 38.1 Å². The molecule has 0 spiro atoms. The lowest BCUT2D eigenvalue weighted by Crippen LogP contribution is -2.43. The van der Waals surface area contributed by atoms with E-state index in [1.807, 2.05) is 6.07 Å². The number of amides is 2. The van der Waals surface area contributed by atoms with Gasteiger partial charge in [0, 0.05) is 44.1 Å². The summed E-state index contributed by atoms with van der Waals surface area (Å²) in [6.45, 7) is 4.48. The number of furan rings is 1. The number of hydrogen-bond acceptors (Lipinski definition) is 8. The maximum atomic E-state index is 15.8. The zero-order valence-electron chi connectivity index (χ0n) is 25.3. The highest BCUT2D eigenvalue weighted by Crippen LogP contribution is 2.49. The Morgan fingerprint density at radius 3 is 2.45 bits per heavy atom. The van der Waals surface area contributed by atoms with Crippen LogP contribution < -0.4 is 15.4 Å². The second-order valence-electron chi connectivity index (χ2n) is 11.9. The van der Waals surface area contributed by atoms with Crippen LogP contribution in [-0.4, -0.2) is 70.0 Å². The Hall–Kier alpha value is -4.66. The highest BCUT2D eigenvalue weighted by molar-refractivity contribution is 9.10. The van der Waals surface area contributed by atoms with E-state index < -0.39 is 28.9 Å². The standard InChI is InChI=1S/C33H30BrF2N7O4/c1-41-12-14-42(15-13-41)18-22-17-23(34)29(46-22)28-27-26(8-11-38-30(27)40-39-28)47-25-7-6-21(16-24(25)36)43(20-4-2-19(35)3-5-20)32(45)33(9-10-33)31(37)44/h2-8,11,16-17H,9-10,12-15,18H2,1H3,(H2,37,44)(H,38,39,40). The molecule has 1 aliphatic carbocycles. The van der Waals surface area contributed by atoms with Crippen LogP contribution in [0.5, 0.6) is 11.5 Å². The van der Waals surface area contributed by atoms with E-state index in [9.17, 15) is 14.0 Å². The smallest absolute Gasteiger partial charge is 0.247 e. The molecule has 1 saturated heterocycles. The van der Waals surface area contributed by atoms with Gasteiger partial charge in [-0.15, -0.1) is 0 Å². The fraction of sp³-hybridized carbons (Fsp3) is 0.273. The Bertz CT molecular complexity index is 1980. The largest absolute Gasteiger partial charge is 0.457 e. The van der Waals surface area contributed by atoms with E-state index in [4.69, 9.17) is 14.9 Å². The molecule has 0 atom stereocenters. The van der Waals surface area contributed by atoms with Crippen molar-refractivity contribution in [2.45, 2.75) is 19.4 Å². The van der Waals surface area contributed by atoms with Gasteiger partial charge in [-0.2, -0.15) is 5.10 Å². The van der Waals surface area contributed by atoms with Gasteiger partial charge in [0.2, 0.25) is 11.8 Å². The van der Waals surface area contributed by atoms with Crippen molar-refractivity contribution < 1.29 is 27.5 Å². The number of hydrogen-bond donors (Lipinski definition) is 2. The van der Waals surface area contributed by atoms with Crippen LogP contribution >= 0.6 is 15.9 Å². The predicted octanol–water partition coefficient (Wildman–Crippen LogP) is 5.73. The summed E-state index contributed by atoms with van der Waals surface area (Å²) in [7, 11) is 2.11. The third-order valence-electron chi connectivity index (χ3n) is 8.66. The molecule has 4 heterocycles. The minimum Gasteiger partial charge on any atom is -0.457 e. The Balaban J connectivity index is 1.19. The molecule has 2 amide bonds. The third kappa shape index (κ3) is 5.88. The second kappa shape index (κ2) is 12.2. The van der Waals surface area contributed by atoms with E-state index in [0.717, 1.165) is 38.0 Å². The number of aromatic amines is 1. The number of halogens is 3. The number of anilines is 2. The molecular formula is C33H30BrF2N7O4. The van der Waals surface area contributed by atoms with Crippen LogP contribution in [-0.2, 0) is 16.1 Å². The fourth-order valence-corrected chi connectivity index (χ4v) is 6.29. The molecule has 2 fully saturated rings. The number of carbonyl (C=O) groups is 2. The van der Waals surface area contributed by atoms with Crippen LogP contribution in [0.2, 0.25) is 0 Å². The number of aromatic nitrogens is 3. The summed E-state index contributed by atoms with van der Waals surface area (Å²) in [5, 5.41) is 7.83. The monoisotopic (exact) mass is 705 g/mol. The van der Waals surface area contributed by atoms with Crippen molar-refractivity contribution in [1.29, 1.82) is 0 Å². The molecular weight excluding hydrogens is 676 g/mol. The van der Waals surface area contributed by atoms with E-state index >= 15 is 4.39 Å². The zero-order chi connectivity index (χ0) is 32.9. The van der Waals surface area contributed by atoms with Gasteiger partial charge in [0.15, 0.2) is 23.0 Å². The molecule has 0 radical (unpaired) electrons. The Morgan fingerprint density at radius 2 is 1.77 bits per heavy atom. The van der Waals surface area contributed by atoms with Gasteiger partial charge in [0.25, 0.3) is 0 Å². The predicted molar refractivity (Wildman–Crippen MR) is 173 cm³/mol. The van der Waals surface area contributed by atoms with E-state index in [2.05, 4.69) is 48.0 Å². The van der Waals surface area contributed by atoms with Gasteiger partial charge in [0.05, 0.1) is 22.1 Å². The number of nitrogens with zero attached hydrogens (tertiary/aromatic N) is 5. The molecule has 11 nitrogen and oxygen atoms in total. The molecule has 2 aromatic carbocycles. The third-order valence-corrected chi connectivity index (χ3v) is 9.25. The molecule has 1 aliphatic heterocycles. The normalized spacial score (nSPS) is 16.3. The van der Waals surface area contributed by atoms with Crippen molar-refractivity contribution >= 4 is 50.2 Å². The van der Waals surface area contributed by atoms with Crippen molar-refractivity contribution in [3.05, 3.63) is 82.7 Å². The zero-order valence-corrected chi connectivity index (χ0v) is 26.9. The van der Waals surface area contributed by atoms with Gasteiger partial charge in [-0.1, -0.05) is 0 Å². The Morgan fingerprint density at radius 1 is 1.04 bits per heavy atom. The number of pyridine rings is 1. The fourth-order valence-electron chi connectivity index (χ4n) is 5.76. The van der Waals surface area contributed by atoms with Crippen LogP contribution in [0.15, 0.2) is 69.7 Å². The van der Waals surface area contributed by atoms with E-state index in [-0.39, 0.29) is 35.7 Å². The summed E-state index contributed by atoms with van der Waals surface area (Å²) >= 11 is 3.61. The number of benzene rings is 2. The highest BCUT2D eigenvalue weighted by Gasteiger charge is 2.57. The minimum absolute atomic E-state index is 0.121. The molecule has 242 valence electrons. The summed E-state index contributed by atoms with van der Waals surface area (Å²) in [5.74, 6) is -1.29. The number of ether oxygens (including phenoxy) is 1. The summed E-state index contributed by atoms with van der Waals surface area (Å²) in [6, 6.07) is 12.6. The summed E-state index contributed by atoms with van der Waals surface area (Å²) in [4.78, 5) is 36.0. The lowest BCUT2D eigenvalue weighted by molar-refractivity contribution is -0.133. The van der Waals surface area contributed by atoms with Crippen LogP contribution in [0.1, 0.15) is 18.6 Å². The summed E-state index contributed by atoms with van der Waals surface area (Å²) < 4.78 is 42.6. The van der Waals surface area contributed by atoms with E-state index in [0.29, 0.717) is 33.5 Å². The van der Waals surface area contributed by atoms with E-state index in [1.165, 1.54) is 47.5 Å². The summed E-state index contributed by atoms with van der Waals surface area (Å²) in [5.41, 5.74) is 5.40. The average molecular weight is 707 g/mol. The first-order valence-electron chi connectivity index (χ1n) is 15.0. The van der Waals surface area contributed by atoms with Gasteiger partial charge >= 0.3 is 0 Å². The first-order chi connectivity index (χ1) is 22.6. The number of nitrogens with one attached hydrogen (secondary N) is 1. The first-order valence-corrected chi connectivity index (χ1v) is 15.8. The van der Waals surface area contributed by atoms with Gasteiger partial charge in [0.1, 0.15) is 28.4 Å². The highest BCUT2D eigenvalue weighted by atomic mass is 79.9. The van der Waals surface area contributed by atoms with Crippen LogP contribution in [0, 0.1) is 17.0 Å². The van der Waals surface area contributed by atoms with Crippen LogP contribution in [0.25, 0.3) is 22.5 Å². The number of carbonyl (C=O) groups excluding carboxylic acids is 2. The molecule has 14 heteroatoms. The maximum absolute atomic E-state index is 15.8. The second-order valence-corrected chi connectivity index (χ2v) is 12.7. The number of primary amides is 1. The molecule has 0 bridgehead atoms. The molecule has 1 saturated carbocycles. The van der Waals surface area contributed by atoms with Gasteiger partial charge in [-0.3, -0.25) is 24.5 Å². The molecule has 3 N–H and O–H groups in total. The average Bonchev–Trinajstić information content (AvgIpc) is 3.65. The van der Waals surface area contributed by atoms with Crippen molar-refractivity contribution in [1.82, 2.24) is 25.0 Å². The number of fused-ring (bicyclic) bond motifs is 1. The quantitative estimate of drug-likeness (QED) is 0.186. The number of likely N-dealkylation sites (N-methyl/N-ethyl adjacent to an activating group) is 1. The van der Waals surface area contributed by atoms with Crippen molar-refractivity contribution in [2.24, 2.45) is 11.1 Å². The molecule has 3 aromatic heterocycles. The van der Waals surface area contributed by atoms with Gasteiger partial charge in [-0.05, 0) is 84.4 Å². The molecule has 2 aliphatic rings. The number of rotatable bonds is 9. The number of piperazine rings is 1. The number of nitrogens with two attached hydrogens (primary N) is 1. The lowest BCUT2D eigenvalue weighted by Gasteiger charge is -2.31. The molecule has 7 rings (SSSR count). The first kappa shape index (κ1) is 31.0. The Labute approximate surface area is 276 Å². The van der Waals surface area contributed by atoms with Crippen molar-refractivity contribution in [3.8, 4) is 23.0 Å². The Kier molecular flexibility index (Phi) is 8.02. The van der Waals surface area contributed by atoms with Gasteiger partial charge in [-0.25, -0.2) is 13.8 Å². The van der Waals surface area contributed by atoms with Gasteiger partial charge < -0.3 is 19.8 Å². The van der Waals surface area contributed by atoms with Crippen molar-refractivity contribution in [3.63, 3.8) is 0 Å². The minimum atomic E-state index is -1.40. The maximum Gasteiger partial charge on any atom is 0.247 e. The topological polar surface area (TPSA) is 134 Å². The number of H-pyrrole nitrogens is 1. The lowest BCUT2D eigenvalue weighted by atomic mass is 10.0. The summed E-state index contributed by atoms with van der Waals surface area (Å²) in [6.07, 6.45) is 2.06. The molecule has 47 heavy (non-hydrogen) atoms. The molecule has 0 unspecified atom stereocenters.